The molecule has 0 saturated heterocycles. The molecule has 3 rings (SSSR count). The number of amides is 1. The van der Waals surface area contributed by atoms with Gasteiger partial charge < -0.3 is 19.5 Å². The molecule has 0 fully saturated rings. The van der Waals surface area contributed by atoms with Gasteiger partial charge in [-0.1, -0.05) is 12.1 Å². The van der Waals surface area contributed by atoms with Gasteiger partial charge in [-0.05, 0) is 43.0 Å². The number of fused-ring (bicyclic) bond motifs is 1. The smallest absolute Gasteiger partial charge is 0.341 e. The fourth-order valence-corrected chi connectivity index (χ4v) is 4.53. The molecule has 0 unspecified atom stereocenters. The third kappa shape index (κ3) is 4.01. The lowest BCUT2D eigenvalue weighted by Crippen LogP contribution is -2.22. The second kappa shape index (κ2) is 8.43. The molecule has 0 radical (unpaired) electrons. The van der Waals surface area contributed by atoms with Crippen LogP contribution in [0.2, 0.25) is 0 Å². The van der Waals surface area contributed by atoms with Crippen LogP contribution in [0.25, 0.3) is 0 Å². The molecular weight excluding hydrogens is 382 g/mol. The Balaban J connectivity index is 1.79. The highest BCUT2D eigenvalue weighted by molar-refractivity contribution is 7.17. The predicted molar refractivity (Wildman–Crippen MR) is 104 cm³/mol. The van der Waals surface area contributed by atoms with Gasteiger partial charge >= 0.3 is 11.9 Å². The molecule has 1 aromatic heterocycles. The average molecular weight is 403 g/mol. The maximum atomic E-state index is 12.4. The normalized spacial score (nSPS) is 14.9. The van der Waals surface area contributed by atoms with Crippen LogP contribution in [0.5, 0.6) is 5.75 Å². The van der Waals surface area contributed by atoms with E-state index in [-0.39, 0.29) is 12.2 Å². The molecule has 1 atom stereocenters. The molecule has 1 aliphatic carbocycles. The van der Waals surface area contributed by atoms with E-state index in [9.17, 15) is 14.4 Å². The Hall–Kier alpha value is -2.87. The maximum Gasteiger partial charge on any atom is 0.341 e. The van der Waals surface area contributed by atoms with Gasteiger partial charge in [-0.15, -0.1) is 11.3 Å². The Kier molecular flexibility index (Phi) is 5.99. The Morgan fingerprint density at radius 1 is 1.21 bits per heavy atom. The summed E-state index contributed by atoms with van der Waals surface area (Å²) < 4.78 is 15.2. The van der Waals surface area contributed by atoms with Gasteiger partial charge in [0, 0.05) is 4.88 Å². The van der Waals surface area contributed by atoms with Crippen molar-refractivity contribution in [2.24, 2.45) is 0 Å². The first-order valence-electron chi connectivity index (χ1n) is 8.75. The Morgan fingerprint density at radius 3 is 2.68 bits per heavy atom. The van der Waals surface area contributed by atoms with Gasteiger partial charge in [-0.2, -0.15) is 0 Å². The number of rotatable bonds is 6. The molecule has 7 nitrogen and oxygen atoms in total. The predicted octanol–water partition coefficient (Wildman–Crippen LogP) is 3.06. The lowest BCUT2D eigenvalue weighted by Gasteiger charge is -2.12. The van der Waals surface area contributed by atoms with E-state index in [2.05, 4.69) is 5.32 Å². The summed E-state index contributed by atoms with van der Waals surface area (Å²) in [5, 5.41) is 3.08. The zero-order chi connectivity index (χ0) is 20.3. The van der Waals surface area contributed by atoms with Gasteiger partial charge in [-0.3, -0.25) is 9.59 Å². The fraction of sp³-hybridized carbons (Fsp3) is 0.350. The Bertz CT molecular complexity index is 919. The second-order valence-corrected chi connectivity index (χ2v) is 7.51. The Labute approximate surface area is 166 Å². The first-order valence-corrected chi connectivity index (χ1v) is 9.57. The Morgan fingerprint density at radius 2 is 2.00 bits per heavy atom. The highest BCUT2D eigenvalue weighted by Crippen LogP contribution is 2.45. The molecule has 1 heterocycles. The van der Waals surface area contributed by atoms with Gasteiger partial charge in [0.2, 0.25) is 0 Å². The van der Waals surface area contributed by atoms with E-state index < -0.39 is 23.8 Å². The van der Waals surface area contributed by atoms with Crippen LogP contribution < -0.4 is 10.1 Å². The van der Waals surface area contributed by atoms with Crippen LogP contribution in [0.1, 0.15) is 38.7 Å². The number of thiophene rings is 1. The van der Waals surface area contributed by atoms with Crippen molar-refractivity contribution in [3.8, 4) is 5.75 Å². The zero-order valence-electron chi connectivity index (χ0n) is 15.9. The summed E-state index contributed by atoms with van der Waals surface area (Å²) in [6.45, 7) is 1.73. The number of aryl methyl sites for hydroxylation is 2. The largest absolute Gasteiger partial charge is 0.484 e. The number of methoxy groups -OCH3 is 2. The van der Waals surface area contributed by atoms with Crippen molar-refractivity contribution in [2.45, 2.75) is 25.7 Å². The van der Waals surface area contributed by atoms with Gasteiger partial charge in [0.15, 0.2) is 6.61 Å². The lowest BCUT2D eigenvalue weighted by atomic mass is 9.99. The van der Waals surface area contributed by atoms with Gasteiger partial charge in [-0.25, -0.2) is 4.79 Å². The van der Waals surface area contributed by atoms with Gasteiger partial charge in [0.05, 0.1) is 25.7 Å². The van der Waals surface area contributed by atoms with E-state index in [1.54, 1.807) is 6.07 Å². The van der Waals surface area contributed by atoms with E-state index in [1.807, 2.05) is 25.1 Å². The van der Waals surface area contributed by atoms with Crippen molar-refractivity contribution in [3.63, 3.8) is 0 Å². The summed E-state index contributed by atoms with van der Waals surface area (Å²) in [7, 11) is 2.58. The third-order valence-corrected chi connectivity index (χ3v) is 5.70. The van der Waals surface area contributed by atoms with Crippen molar-refractivity contribution in [3.05, 3.63) is 45.8 Å². The number of benzene rings is 1. The van der Waals surface area contributed by atoms with E-state index in [1.165, 1.54) is 25.6 Å². The number of ether oxygens (including phenoxy) is 3. The van der Waals surface area contributed by atoms with Gasteiger partial charge in [0.1, 0.15) is 10.8 Å². The number of nitrogens with one attached hydrogen (secondary N) is 1. The standard InChI is InChI=1S/C20H21NO6S/c1-11-5-4-6-12(9-11)27-10-15(22)21-18-17(20(24)26-3)16-13(19(23)25-2)7-8-14(16)28-18/h4-6,9,13H,7-8,10H2,1-3H3,(H,21,22)/t13-/m1/s1. The molecule has 1 aromatic carbocycles. The molecule has 0 bridgehead atoms. The minimum absolute atomic E-state index is 0.201. The number of esters is 2. The van der Waals surface area contributed by atoms with Crippen LogP contribution in [-0.4, -0.2) is 38.7 Å². The first kappa shape index (κ1) is 19.9. The van der Waals surface area contributed by atoms with E-state index in [0.717, 1.165) is 10.4 Å². The highest BCUT2D eigenvalue weighted by atomic mass is 32.1. The summed E-state index contributed by atoms with van der Waals surface area (Å²) in [6.07, 6.45) is 1.21. The molecule has 1 N–H and O–H groups in total. The van der Waals surface area contributed by atoms with Crippen LogP contribution in [0.3, 0.4) is 0 Å². The molecule has 1 aliphatic rings. The topological polar surface area (TPSA) is 90.9 Å². The maximum absolute atomic E-state index is 12.4. The van der Waals surface area contributed by atoms with Crippen LogP contribution in [-0.2, 0) is 25.5 Å². The van der Waals surface area contributed by atoms with Crippen molar-refractivity contribution >= 4 is 34.2 Å². The van der Waals surface area contributed by atoms with Crippen molar-refractivity contribution in [1.82, 2.24) is 0 Å². The highest BCUT2D eigenvalue weighted by Gasteiger charge is 2.38. The SMILES string of the molecule is COC(=O)c1c(NC(=O)COc2cccc(C)c2)sc2c1[C@H](C(=O)OC)CC2. The molecule has 0 spiro atoms. The molecular formula is C20H21NO6S. The number of carbonyl (C=O) groups excluding carboxylic acids is 3. The summed E-state index contributed by atoms with van der Waals surface area (Å²) in [4.78, 5) is 37.7. The monoisotopic (exact) mass is 403 g/mol. The third-order valence-electron chi connectivity index (χ3n) is 4.52. The first-order chi connectivity index (χ1) is 13.4. The van der Waals surface area contributed by atoms with Crippen molar-refractivity contribution in [1.29, 1.82) is 0 Å². The number of anilines is 1. The summed E-state index contributed by atoms with van der Waals surface area (Å²) in [5.74, 6) is -1.34. The van der Waals surface area contributed by atoms with Crippen LogP contribution in [0, 0.1) is 6.92 Å². The molecule has 0 saturated carbocycles. The van der Waals surface area contributed by atoms with Crippen molar-refractivity contribution in [2.75, 3.05) is 26.1 Å². The molecule has 148 valence electrons. The summed E-state index contributed by atoms with van der Waals surface area (Å²) in [6, 6.07) is 7.36. The quantitative estimate of drug-likeness (QED) is 0.746. The minimum Gasteiger partial charge on any atom is -0.484 e. The summed E-state index contributed by atoms with van der Waals surface area (Å²) >= 11 is 1.28. The van der Waals surface area contributed by atoms with Crippen molar-refractivity contribution < 1.29 is 28.6 Å². The van der Waals surface area contributed by atoms with E-state index in [0.29, 0.717) is 29.2 Å². The molecule has 28 heavy (non-hydrogen) atoms. The zero-order valence-corrected chi connectivity index (χ0v) is 16.7. The van der Waals surface area contributed by atoms with E-state index in [4.69, 9.17) is 14.2 Å². The summed E-state index contributed by atoms with van der Waals surface area (Å²) in [5.41, 5.74) is 1.84. The van der Waals surface area contributed by atoms with Crippen LogP contribution in [0.4, 0.5) is 5.00 Å². The molecule has 1 amide bonds. The van der Waals surface area contributed by atoms with Gasteiger partial charge in [0.25, 0.3) is 5.91 Å². The fourth-order valence-electron chi connectivity index (χ4n) is 3.25. The number of hydrogen-bond acceptors (Lipinski definition) is 7. The average Bonchev–Trinajstić information content (AvgIpc) is 3.24. The molecule has 2 aromatic rings. The minimum atomic E-state index is -0.594. The second-order valence-electron chi connectivity index (χ2n) is 6.40. The van der Waals surface area contributed by atoms with Crippen LogP contribution in [0.15, 0.2) is 24.3 Å². The number of hydrogen-bond donors (Lipinski definition) is 1. The van der Waals surface area contributed by atoms with E-state index >= 15 is 0 Å². The van der Waals surface area contributed by atoms with Crippen LogP contribution >= 0.6 is 11.3 Å². The lowest BCUT2D eigenvalue weighted by molar-refractivity contribution is -0.142. The molecule has 0 aliphatic heterocycles. The molecule has 8 heteroatoms. The number of carbonyl (C=O) groups is 3.